The number of anilines is 1. The van der Waals surface area contributed by atoms with E-state index in [0.717, 1.165) is 12.2 Å². The van der Waals surface area contributed by atoms with Gasteiger partial charge < -0.3 is 10.1 Å². The van der Waals surface area contributed by atoms with Gasteiger partial charge in [-0.15, -0.1) is 0 Å². The molecular formula is C15H18ClN3O2. The summed E-state index contributed by atoms with van der Waals surface area (Å²) in [6, 6.07) is 7.86. The zero-order chi connectivity index (χ0) is 15.2. The van der Waals surface area contributed by atoms with Crippen molar-refractivity contribution in [2.45, 2.75) is 19.9 Å². The molecule has 0 amide bonds. The van der Waals surface area contributed by atoms with Gasteiger partial charge in [0.1, 0.15) is 10.8 Å². The van der Waals surface area contributed by atoms with Gasteiger partial charge in [-0.25, -0.2) is 4.68 Å². The van der Waals surface area contributed by atoms with Crippen LogP contribution in [0.25, 0.3) is 0 Å². The van der Waals surface area contributed by atoms with E-state index < -0.39 is 0 Å². The quantitative estimate of drug-likeness (QED) is 0.891. The zero-order valence-electron chi connectivity index (χ0n) is 12.1. The minimum atomic E-state index is -0.270. The fraction of sp³-hybridized carbons (Fsp3) is 0.333. The molecule has 0 radical (unpaired) electrons. The first-order valence-corrected chi connectivity index (χ1v) is 7.16. The van der Waals surface area contributed by atoms with Crippen LogP contribution in [0.3, 0.4) is 0 Å². The van der Waals surface area contributed by atoms with Gasteiger partial charge >= 0.3 is 0 Å². The average Bonchev–Trinajstić information content (AvgIpc) is 2.52. The highest BCUT2D eigenvalue weighted by Gasteiger charge is 2.07. The standard InChI is InChI=1S/C15H18ClN3O2/c1-3-19-15(20)14(16)13(10-18-19)17-9-8-11-4-6-12(21-2)7-5-11/h4-7,10,17H,3,8-9H2,1-2H3. The number of aromatic nitrogens is 2. The summed E-state index contributed by atoms with van der Waals surface area (Å²) < 4.78 is 6.45. The van der Waals surface area contributed by atoms with Crippen LogP contribution in [0.5, 0.6) is 5.75 Å². The maximum atomic E-state index is 11.8. The Balaban J connectivity index is 1.97. The lowest BCUT2D eigenvalue weighted by Crippen LogP contribution is -2.23. The van der Waals surface area contributed by atoms with Crippen LogP contribution in [0.2, 0.25) is 5.02 Å². The number of nitrogens with zero attached hydrogens (tertiary/aromatic N) is 2. The second-order valence-corrected chi connectivity index (χ2v) is 4.90. The van der Waals surface area contributed by atoms with Gasteiger partial charge in [-0.1, -0.05) is 23.7 Å². The fourth-order valence-corrected chi connectivity index (χ4v) is 2.16. The van der Waals surface area contributed by atoms with Crippen LogP contribution in [0.4, 0.5) is 5.69 Å². The highest BCUT2D eigenvalue weighted by atomic mass is 35.5. The normalized spacial score (nSPS) is 10.4. The van der Waals surface area contributed by atoms with Crippen LogP contribution >= 0.6 is 11.6 Å². The van der Waals surface area contributed by atoms with Crippen molar-refractivity contribution < 1.29 is 4.74 Å². The van der Waals surface area contributed by atoms with Crippen LogP contribution < -0.4 is 15.6 Å². The molecule has 0 spiro atoms. The summed E-state index contributed by atoms with van der Waals surface area (Å²) in [6.45, 7) is 3.02. The fourth-order valence-electron chi connectivity index (χ4n) is 1.95. The Bertz CT molecular complexity index is 653. The van der Waals surface area contributed by atoms with E-state index in [1.807, 2.05) is 31.2 Å². The minimum Gasteiger partial charge on any atom is -0.497 e. The molecule has 112 valence electrons. The van der Waals surface area contributed by atoms with E-state index in [4.69, 9.17) is 16.3 Å². The topological polar surface area (TPSA) is 56.1 Å². The van der Waals surface area contributed by atoms with E-state index in [-0.39, 0.29) is 10.6 Å². The Morgan fingerprint density at radius 1 is 1.33 bits per heavy atom. The summed E-state index contributed by atoms with van der Waals surface area (Å²) in [6.07, 6.45) is 2.40. The smallest absolute Gasteiger partial charge is 0.287 e. The Hall–Kier alpha value is -2.01. The lowest BCUT2D eigenvalue weighted by atomic mass is 10.1. The molecule has 0 unspecified atom stereocenters. The first kappa shape index (κ1) is 15.4. The number of benzene rings is 1. The van der Waals surface area contributed by atoms with Crippen molar-refractivity contribution in [3.05, 3.63) is 51.4 Å². The van der Waals surface area contributed by atoms with Crippen molar-refractivity contribution >= 4 is 17.3 Å². The van der Waals surface area contributed by atoms with Gasteiger partial charge in [-0.2, -0.15) is 5.10 Å². The molecular weight excluding hydrogens is 290 g/mol. The van der Waals surface area contributed by atoms with Gasteiger partial charge in [0.2, 0.25) is 0 Å². The van der Waals surface area contributed by atoms with Crippen molar-refractivity contribution in [3.63, 3.8) is 0 Å². The summed E-state index contributed by atoms with van der Waals surface area (Å²) in [4.78, 5) is 11.8. The predicted octanol–water partition coefficient (Wildman–Crippen LogP) is 2.58. The second kappa shape index (κ2) is 7.13. The summed E-state index contributed by atoms with van der Waals surface area (Å²) in [5, 5.41) is 7.37. The lowest BCUT2D eigenvalue weighted by Gasteiger charge is -2.09. The van der Waals surface area contributed by atoms with Crippen molar-refractivity contribution in [2.24, 2.45) is 0 Å². The van der Waals surface area contributed by atoms with Gasteiger partial charge in [-0.3, -0.25) is 4.79 Å². The molecule has 21 heavy (non-hydrogen) atoms. The number of halogens is 1. The Morgan fingerprint density at radius 3 is 2.67 bits per heavy atom. The number of ether oxygens (including phenoxy) is 1. The molecule has 0 atom stereocenters. The van der Waals surface area contributed by atoms with Crippen molar-refractivity contribution in [3.8, 4) is 5.75 Å². The molecule has 2 rings (SSSR count). The van der Waals surface area contributed by atoms with Gasteiger partial charge in [0.25, 0.3) is 5.56 Å². The van der Waals surface area contributed by atoms with Crippen LogP contribution in [-0.2, 0) is 13.0 Å². The van der Waals surface area contributed by atoms with Crippen LogP contribution in [0, 0.1) is 0 Å². The van der Waals surface area contributed by atoms with E-state index >= 15 is 0 Å². The highest BCUT2D eigenvalue weighted by Crippen LogP contribution is 2.16. The van der Waals surface area contributed by atoms with Crippen LogP contribution in [0.15, 0.2) is 35.3 Å². The molecule has 2 aromatic rings. The third kappa shape index (κ3) is 3.76. The average molecular weight is 308 g/mol. The summed E-state index contributed by atoms with van der Waals surface area (Å²) in [5.74, 6) is 0.835. The molecule has 0 aliphatic carbocycles. The van der Waals surface area contributed by atoms with Crippen molar-refractivity contribution in [2.75, 3.05) is 19.0 Å². The zero-order valence-corrected chi connectivity index (χ0v) is 12.9. The van der Waals surface area contributed by atoms with E-state index in [1.54, 1.807) is 13.3 Å². The Kier molecular flexibility index (Phi) is 5.22. The number of methoxy groups -OCH3 is 1. The molecule has 0 saturated heterocycles. The summed E-state index contributed by atoms with van der Waals surface area (Å²) >= 11 is 6.05. The summed E-state index contributed by atoms with van der Waals surface area (Å²) in [5.41, 5.74) is 1.47. The third-order valence-corrected chi connectivity index (χ3v) is 3.54. The number of hydrogen-bond donors (Lipinski definition) is 1. The molecule has 6 heteroatoms. The highest BCUT2D eigenvalue weighted by molar-refractivity contribution is 6.32. The van der Waals surface area contributed by atoms with Gasteiger partial charge in [0, 0.05) is 13.1 Å². The summed E-state index contributed by atoms with van der Waals surface area (Å²) in [7, 11) is 1.64. The largest absolute Gasteiger partial charge is 0.497 e. The molecule has 0 bridgehead atoms. The van der Waals surface area contributed by atoms with Crippen LogP contribution in [-0.4, -0.2) is 23.4 Å². The monoisotopic (exact) mass is 307 g/mol. The first-order valence-electron chi connectivity index (χ1n) is 6.78. The number of hydrogen-bond acceptors (Lipinski definition) is 4. The molecule has 1 N–H and O–H groups in total. The Labute approximate surface area is 128 Å². The predicted molar refractivity (Wildman–Crippen MR) is 84.4 cm³/mol. The SMILES string of the molecule is CCn1ncc(NCCc2ccc(OC)cc2)c(Cl)c1=O. The lowest BCUT2D eigenvalue weighted by molar-refractivity contribution is 0.414. The molecule has 0 fully saturated rings. The second-order valence-electron chi connectivity index (χ2n) is 4.52. The molecule has 1 aromatic heterocycles. The molecule has 0 aliphatic heterocycles. The van der Waals surface area contributed by atoms with Gasteiger partial charge in [-0.05, 0) is 31.0 Å². The molecule has 0 aliphatic rings. The minimum absolute atomic E-state index is 0.182. The first-order chi connectivity index (χ1) is 10.2. The van der Waals surface area contributed by atoms with E-state index in [9.17, 15) is 4.79 Å². The van der Waals surface area contributed by atoms with Gasteiger partial charge in [0.15, 0.2) is 0 Å². The maximum Gasteiger partial charge on any atom is 0.287 e. The van der Waals surface area contributed by atoms with Crippen molar-refractivity contribution in [1.82, 2.24) is 9.78 Å². The number of rotatable bonds is 6. The van der Waals surface area contributed by atoms with E-state index in [1.165, 1.54) is 10.2 Å². The van der Waals surface area contributed by atoms with Crippen molar-refractivity contribution in [1.29, 1.82) is 0 Å². The van der Waals surface area contributed by atoms with E-state index in [2.05, 4.69) is 10.4 Å². The van der Waals surface area contributed by atoms with Crippen LogP contribution in [0.1, 0.15) is 12.5 Å². The van der Waals surface area contributed by atoms with Gasteiger partial charge in [0.05, 0.1) is 19.0 Å². The number of nitrogens with one attached hydrogen (secondary N) is 1. The molecule has 0 saturated carbocycles. The Morgan fingerprint density at radius 2 is 2.05 bits per heavy atom. The molecule has 1 heterocycles. The molecule has 5 nitrogen and oxygen atoms in total. The van der Waals surface area contributed by atoms with E-state index in [0.29, 0.717) is 18.8 Å². The molecule has 1 aromatic carbocycles. The third-order valence-electron chi connectivity index (χ3n) is 3.17. The maximum absolute atomic E-state index is 11.8. The number of aryl methyl sites for hydroxylation is 1.